The normalized spacial score (nSPS) is 14.9. The summed E-state index contributed by atoms with van der Waals surface area (Å²) in [4.78, 5) is 1.34. The van der Waals surface area contributed by atoms with E-state index in [4.69, 9.17) is 0 Å². The van der Waals surface area contributed by atoms with Crippen LogP contribution in [0.3, 0.4) is 0 Å². The Bertz CT molecular complexity index is 269. The maximum absolute atomic E-state index is 3.50. The first-order valence-corrected chi connectivity index (χ1v) is 5.97. The average molecular weight is 230 g/mol. The van der Waals surface area contributed by atoms with Crippen LogP contribution in [-0.4, -0.2) is 12.3 Å². The van der Waals surface area contributed by atoms with Crippen LogP contribution in [0.4, 0.5) is 0 Å². The number of nitrogens with one attached hydrogen (secondary N) is 1. The molecule has 0 bridgehead atoms. The van der Waals surface area contributed by atoms with Gasteiger partial charge in [-0.15, -0.1) is 24.2 Å². The molecule has 0 radical (unpaired) electrons. The Balaban J connectivity index is 0.000000980. The second-order valence-electron chi connectivity index (χ2n) is 3.50. The van der Waals surface area contributed by atoms with Gasteiger partial charge in [0.25, 0.3) is 0 Å². The molecule has 1 aliphatic carbocycles. The average Bonchev–Trinajstić information content (AvgIpc) is 2.99. The van der Waals surface area contributed by atoms with Gasteiger partial charge in [0.15, 0.2) is 0 Å². The molecule has 0 heterocycles. The Kier molecular flexibility index (Phi) is 4.79. The van der Waals surface area contributed by atoms with E-state index in [0.29, 0.717) is 0 Å². The highest BCUT2D eigenvalue weighted by atomic mass is 35.5. The minimum Gasteiger partial charge on any atom is -0.310 e. The van der Waals surface area contributed by atoms with Crippen molar-refractivity contribution < 1.29 is 0 Å². The van der Waals surface area contributed by atoms with Crippen LogP contribution in [-0.2, 0) is 6.54 Å². The molecule has 0 spiro atoms. The molecular formula is C11H16ClNS. The zero-order valence-electron chi connectivity index (χ0n) is 8.32. The second-order valence-corrected chi connectivity index (χ2v) is 4.38. The van der Waals surface area contributed by atoms with Crippen LogP contribution < -0.4 is 5.32 Å². The van der Waals surface area contributed by atoms with Crippen molar-refractivity contribution in [3.05, 3.63) is 29.8 Å². The van der Waals surface area contributed by atoms with Gasteiger partial charge in [0.05, 0.1) is 0 Å². The molecule has 1 nitrogen and oxygen atoms in total. The van der Waals surface area contributed by atoms with Crippen molar-refractivity contribution in [2.24, 2.45) is 0 Å². The van der Waals surface area contributed by atoms with Crippen molar-refractivity contribution in [3.8, 4) is 0 Å². The zero-order valence-corrected chi connectivity index (χ0v) is 9.96. The van der Waals surface area contributed by atoms with Gasteiger partial charge in [-0.25, -0.2) is 0 Å². The Morgan fingerprint density at radius 2 is 1.93 bits per heavy atom. The van der Waals surface area contributed by atoms with Gasteiger partial charge >= 0.3 is 0 Å². The Morgan fingerprint density at radius 1 is 1.29 bits per heavy atom. The van der Waals surface area contributed by atoms with Crippen molar-refractivity contribution in [3.63, 3.8) is 0 Å². The lowest BCUT2D eigenvalue weighted by Gasteiger charge is -2.03. The fourth-order valence-corrected chi connectivity index (χ4v) is 1.70. The predicted molar refractivity (Wildman–Crippen MR) is 65.3 cm³/mol. The quantitative estimate of drug-likeness (QED) is 0.797. The summed E-state index contributed by atoms with van der Waals surface area (Å²) in [5.74, 6) is 0. The molecule has 0 atom stereocenters. The molecule has 0 unspecified atom stereocenters. The van der Waals surface area contributed by atoms with Gasteiger partial charge in [0.1, 0.15) is 0 Å². The minimum absolute atomic E-state index is 0. The molecule has 0 aliphatic heterocycles. The monoisotopic (exact) mass is 229 g/mol. The summed E-state index contributed by atoms with van der Waals surface area (Å²) < 4.78 is 0. The smallest absolute Gasteiger partial charge is 0.0208 e. The molecule has 3 heteroatoms. The van der Waals surface area contributed by atoms with Crippen LogP contribution in [0.1, 0.15) is 18.4 Å². The fraction of sp³-hybridized carbons (Fsp3) is 0.455. The maximum atomic E-state index is 3.50. The lowest BCUT2D eigenvalue weighted by atomic mass is 10.2. The van der Waals surface area contributed by atoms with Crippen LogP contribution in [0.15, 0.2) is 29.2 Å². The molecule has 1 aromatic carbocycles. The van der Waals surface area contributed by atoms with E-state index in [1.807, 2.05) is 0 Å². The van der Waals surface area contributed by atoms with Crippen molar-refractivity contribution >= 4 is 24.2 Å². The Hall–Kier alpha value is -0.180. The van der Waals surface area contributed by atoms with Crippen LogP contribution in [0.2, 0.25) is 0 Å². The molecule has 1 N–H and O–H groups in total. The van der Waals surface area contributed by atoms with E-state index in [-0.39, 0.29) is 12.4 Å². The van der Waals surface area contributed by atoms with E-state index in [1.54, 1.807) is 11.8 Å². The lowest BCUT2D eigenvalue weighted by molar-refractivity contribution is 0.687. The number of hydrogen-bond acceptors (Lipinski definition) is 2. The molecule has 1 saturated carbocycles. The lowest BCUT2D eigenvalue weighted by Crippen LogP contribution is -2.14. The van der Waals surface area contributed by atoms with Gasteiger partial charge in [0, 0.05) is 17.5 Å². The first-order chi connectivity index (χ1) is 6.38. The molecule has 1 aromatic rings. The largest absolute Gasteiger partial charge is 0.310 e. The summed E-state index contributed by atoms with van der Waals surface area (Å²) in [5, 5.41) is 3.50. The predicted octanol–water partition coefficient (Wildman–Crippen LogP) is 3.08. The van der Waals surface area contributed by atoms with Gasteiger partial charge in [-0.05, 0) is 36.8 Å². The molecule has 0 amide bonds. The highest BCUT2D eigenvalue weighted by Crippen LogP contribution is 2.20. The third-order valence-electron chi connectivity index (χ3n) is 2.33. The third kappa shape index (κ3) is 3.52. The van der Waals surface area contributed by atoms with Crippen molar-refractivity contribution in [2.75, 3.05) is 6.26 Å². The van der Waals surface area contributed by atoms with Gasteiger partial charge in [-0.1, -0.05) is 12.1 Å². The van der Waals surface area contributed by atoms with Crippen molar-refractivity contribution in [1.29, 1.82) is 0 Å². The van der Waals surface area contributed by atoms with Crippen LogP contribution in [0.25, 0.3) is 0 Å². The molecule has 0 saturated heterocycles. The molecule has 2 rings (SSSR count). The summed E-state index contributed by atoms with van der Waals surface area (Å²) in [6.07, 6.45) is 4.84. The van der Waals surface area contributed by atoms with Crippen molar-refractivity contribution in [2.45, 2.75) is 30.3 Å². The minimum atomic E-state index is 0. The molecule has 0 aromatic heterocycles. The van der Waals surface area contributed by atoms with Gasteiger partial charge < -0.3 is 5.32 Å². The van der Waals surface area contributed by atoms with Gasteiger partial charge in [-0.3, -0.25) is 0 Å². The van der Waals surface area contributed by atoms with E-state index in [2.05, 4.69) is 35.8 Å². The number of halogens is 1. The molecule has 1 aliphatic rings. The second kappa shape index (κ2) is 5.64. The van der Waals surface area contributed by atoms with E-state index < -0.39 is 0 Å². The van der Waals surface area contributed by atoms with E-state index in [1.165, 1.54) is 23.3 Å². The molecular weight excluding hydrogens is 214 g/mol. The number of rotatable bonds is 4. The number of thioether (sulfide) groups is 1. The third-order valence-corrected chi connectivity index (χ3v) is 3.07. The summed E-state index contributed by atoms with van der Waals surface area (Å²) in [5.41, 5.74) is 1.39. The maximum Gasteiger partial charge on any atom is 0.0208 e. The number of benzene rings is 1. The molecule has 14 heavy (non-hydrogen) atoms. The van der Waals surface area contributed by atoms with Crippen LogP contribution in [0, 0.1) is 0 Å². The SMILES string of the molecule is CSc1ccc(CNC2CC2)cc1.Cl. The Morgan fingerprint density at radius 3 is 2.43 bits per heavy atom. The first-order valence-electron chi connectivity index (χ1n) is 4.75. The van der Waals surface area contributed by atoms with E-state index in [0.717, 1.165) is 12.6 Å². The summed E-state index contributed by atoms with van der Waals surface area (Å²) >= 11 is 1.79. The summed E-state index contributed by atoms with van der Waals surface area (Å²) in [7, 11) is 0. The number of hydrogen-bond donors (Lipinski definition) is 1. The van der Waals surface area contributed by atoms with E-state index in [9.17, 15) is 0 Å². The van der Waals surface area contributed by atoms with Crippen molar-refractivity contribution in [1.82, 2.24) is 5.32 Å². The van der Waals surface area contributed by atoms with Crippen LogP contribution in [0.5, 0.6) is 0 Å². The highest BCUT2D eigenvalue weighted by molar-refractivity contribution is 7.98. The fourth-order valence-electron chi connectivity index (χ4n) is 1.29. The highest BCUT2D eigenvalue weighted by Gasteiger charge is 2.19. The zero-order chi connectivity index (χ0) is 9.10. The van der Waals surface area contributed by atoms with E-state index >= 15 is 0 Å². The summed E-state index contributed by atoms with van der Waals surface area (Å²) in [6, 6.07) is 9.60. The van der Waals surface area contributed by atoms with Crippen LogP contribution >= 0.6 is 24.2 Å². The van der Waals surface area contributed by atoms with Gasteiger partial charge in [0.2, 0.25) is 0 Å². The molecule has 1 fully saturated rings. The topological polar surface area (TPSA) is 12.0 Å². The first kappa shape index (κ1) is 11.9. The summed E-state index contributed by atoms with van der Waals surface area (Å²) in [6.45, 7) is 1.03. The molecule has 78 valence electrons. The standard InChI is InChI=1S/C11H15NS.ClH/c1-13-11-6-2-9(3-7-11)8-12-10-4-5-10;/h2-3,6-7,10,12H,4-5,8H2,1H3;1H. The van der Waals surface area contributed by atoms with Gasteiger partial charge in [-0.2, -0.15) is 0 Å². The Labute approximate surface area is 96.1 Å².